The molecular formula is C11H20N2O2. The molecular weight excluding hydrogens is 192 g/mol. The third-order valence-electron chi connectivity index (χ3n) is 3.01. The number of amides is 1. The maximum atomic E-state index is 11.8. The van der Waals surface area contributed by atoms with Crippen LogP contribution in [0.5, 0.6) is 0 Å². The van der Waals surface area contributed by atoms with E-state index < -0.39 is 0 Å². The Balaban J connectivity index is 2.49. The van der Waals surface area contributed by atoms with Gasteiger partial charge >= 0.3 is 0 Å². The number of hydrogen-bond acceptors (Lipinski definition) is 3. The maximum Gasteiger partial charge on any atom is 0.239 e. The van der Waals surface area contributed by atoms with Crippen molar-refractivity contribution < 1.29 is 9.59 Å². The summed E-state index contributed by atoms with van der Waals surface area (Å²) >= 11 is 0. The first-order valence-electron chi connectivity index (χ1n) is 5.58. The normalized spacial score (nSPS) is 23.3. The van der Waals surface area contributed by atoms with Gasteiger partial charge in [-0.3, -0.25) is 14.5 Å². The molecule has 15 heavy (non-hydrogen) atoms. The summed E-state index contributed by atoms with van der Waals surface area (Å²) in [6, 6.07) is -0.0713. The van der Waals surface area contributed by atoms with Gasteiger partial charge in [-0.05, 0) is 20.8 Å². The molecule has 86 valence electrons. The Labute approximate surface area is 91.2 Å². The predicted molar refractivity (Wildman–Crippen MR) is 58.6 cm³/mol. The van der Waals surface area contributed by atoms with Crippen LogP contribution in [0.2, 0.25) is 0 Å². The van der Waals surface area contributed by atoms with Gasteiger partial charge in [0, 0.05) is 32.6 Å². The number of carbonyl (C=O) groups is 2. The quantitative estimate of drug-likeness (QED) is 0.682. The molecule has 0 saturated carbocycles. The molecule has 4 nitrogen and oxygen atoms in total. The molecule has 4 heteroatoms. The van der Waals surface area contributed by atoms with Gasteiger partial charge in [0.25, 0.3) is 0 Å². The summed E-state index contributed by atoms with van der Waals surface area (Å²) in [6.07, 6.45) is 0.545. The largest absolute Gasteiger partial charge is 0.340 e. The van der Waals surface area contributed by atoms with Crippen LogP contribution in [0.4, 0.5) is 0 Å². The summed E-state index contributed by atoms with van der Waals surface area (Å²) < 4.78 is 0. The summed E-state index contributed by atoms with van der Waals surface area (Å²) in [5, 5.41) is 0. The Morgan fingerprint density at radius 1 is 1.47 bits per heavy atom. The van der Waals surface area contributed by atoms with Crippen molar-refractivity contribution in [3.63, 3.8) is 0 Å². The number of rotatable bonds is 4. The fourth-order valence-corrected chi connectivity index (χ4v) is 1.89. The van der Waals surface area contributed by atoms with E-state index in [2.05, 4.69) is 4.90 Å². The molecule has 0 aromatic carbocycles. The van der Waals surface area contributed by atoms with Crippen LogP contribution in [0.15, 0.2) is 0 Å². The molecule has 0 aromatic heterocycles. The van der Waals surface area contributed by atoms with E-state index in [0.29, 0.717) is 13.0 Å². The molecule has 0 radical (unpaired) electrons. The average Bonchev–Trinajstić information content (AvgIpc) is 2.20. The number of carbonyl (C=O) groups excluding carboxylic acids is 2. The van der Waals surface area contributed by atoms with Crippen molar-refractivity contribution >= 4 is 11.7 Å². The highest BCUT2D eigenvalue weighted by atomic mass is 16.2. The fraction of sp³-hybridized carbons (Fsp3) is 0.818. The van der Waals surface area contributed by atoms with Crippen LogP contribution in [-0.4, -0.2) is 53.7 Å². The molecule has 1 aliphatic heterocycles. The Morgan fingerprint density at radius 2 is 2.13 bits per heavy atom. The standard InChI is InChI=1S/C11H20N2O2/c1-4-12-7-8-13(6-5-9(2)14)10(3)11(12)15/h10H,4-8H2,1-3H3. The van der Waals surface area contributed by atoms with Gasteiger partial charge in [-0.1, -0.05) is 0 Å². The van der Waals surface area contributed by atoms with E-state index in [1.54, 1.807) is 6.92 Å². The minimum absolute atomic E-state index is 0.0713. The van der Waals surface area contributed by atoms with Gasteiger partial charge in [-0.25, -0.2) is 0 Å². The first-order valence-corrected chi connectivity index (χ1v) is 5.58. The van der Waals surface area contributed by atoms with Crippen molar-refractivity contribution in [3.05, 3.63) is 0 Å². The lowest BCUT2D eigenvalue weighted by atomic mass is 10.1. The topological polar surface area (TPSA) is 40.6 Å². The second-order valence-corrected chi connectivity index (χ2v) is 4.08. The van der Waals surface area contributed by atoms with Crippen molar-refractivity contribution in [2.24, 2.45) is 0 Å². The average molecular weight is 212 g/mol. The molecule has 0 aromatic rings. The zero-order valence-electron chi connectivity index (χ0n) is 9.82. The third-order valence-corrected chi connectivity index (χ3v) is 3.01. The van der Waals surface area contributed by atoms with Crippen LogP contribution in [-0.2, 0) is 9.59 Å². The number of likely N-dealkylation sites (N-methyl/N-ethyl adjacent to an activating group) is 1. The van der Waals surface area contributed by atoms with Gasteiger partial charge in [0.1, 0.15) is 5.78 Å². The van der Waals surface area contributed by atoms with Crippen LogP contribution in [0.1, 0.15) is 27.2 Å². The Hall–Kier alpha value is -0.900. The number of hydrogen-bond donors (Lipinski definition) is 0. The highest BCUT2D eigenvalue weighted by Gasteiger charge is 2.29. The molecule has 1 fully saturated rings. The minimum atomic E-state index is -0.0713. The van der Waals surface area contributed by atoms with Gasteiger partial charge in [0.15, 0.2) is 0 Å². The van der Waals surface area contributed by atoms with Gasteiger partial charge in [0.05, 0.1) is 6.04 Å². The summed E-state index contributed by atoms with van der Waals surface area (Å²) in [7, 11) is 0. The smallest absolute Gasteiger partial charge is 0.239 e. The van der Waals surface area contributed by atoms with Crippen molar-refractivity contribution in [1.82, 2.24) is 9.80 Å². The van der Waals surface area contributed by atoms with Gasteiger partial charge in [0.2, 0.25) is 5.91 Å². The minimum Gasteiger partial charge on any atom is -0.340 e. The summed E-state index contributed by atoms with van der Waals surface area (Å²) in [6.45, 7) is 8.67. The highest BCUT2D eigenvalue weighted by Crippen LogP contribution is 2.11. The SMILES string of the molecule is CCN1CCN(CCC(C)=O)C(C)C1=O. The molecule has 1 saturated heterocycles. The summed E-state index contributed by atoms with van der Waals surface area (Å²) in [5.41, 5.74) is 0. The number of ketones is 1. The van der Waals surface area contributed by atoms with Crippen LogP contribution in [0.3, 0.4) is 0 Å². The Bertz CT molecular complexity index is 253. The first-order chi connectivity index (χ1) is 7.06. The highest BCUT2D eigenvalue weighted by molar-refractivity contribution is 5.82. The fourth-order valence-electron chi connectivity index (χ4n) is 1.89. The van der Waals surface area contributed by atoms with E-state index in [0.717, 1.165) is 19.6 Å². The van der Waals surface area contributed by atoms with Gasteiger partial charge in [-0.2, -0.15) is 0 Å². The van der Waals surface area contributed by atoms with Crippen molar-refractivity contribution in [3.8, 4) is 0 Å². The van der Waals surface area contributed by atoms with E-state index in [4.69, 9.17) is 0 Å². The van der Waals surface area contributed by atoms with Crippen LogP contribution < -0.4 is 0 Å². The van der Waals surface area contributed by atoms with E-state index in [-0.39, 0.29) is 17.7 Å². The van der Waals surface area contributed by atoms with E-state index in [1.807, 2.05) is 18.7 Å². The number of nitrogens with zero attached hydrogens (tertiary/aromatic N) is 2. The van der Waals surface area contributed by atoms with Gasteiger partial charge in [-0.15, -0.1) is 0 Å². The molecule has 1 aliphatic rings. The Morgan fingerprint density at radius 3 is 2.67 bits per heavy atom. The summed E-state index contributed by atoms with van der Waals surface area (Å²) in [4.78, 5) is 26.6. The van der Waals surface area contributed by atoms with Crippen molar-refractivity contribution in [2.45, 2.75) is 33.2 Å². The van der Waals surface area contributed by atoms with Crippen molar-refractivity contribution in [2.75, 3.05) is 26.2 Å². The van der Waals surface area contributed by atoms with Crippen molar-refractivity contribution in [1.29, 1.82) is 0 Å². The van der Waals surface area contributed by atoms with E-state index in [1.165, 1.54) is 0 Å². The molecule has 1 amide bonds. The lowest BCUT2D eigenvalue weighted by Crippen LogP contribution is -2.55. The molecule has 0 N–H and O–H groups in total. The Kier molecular flexibility index (Phi) is 4.27. The van der Waals surface area contributed by atoms with Gasteiger partial charge < -0.3 is 4.90 Å². The lowest BCUT2D eigenvalue weighted by Gasteiger charge is -2.38. The third kappa shape index (κ3) is 3.02. The molecule has 0 spiro atoms. The van der Waals surface area contributed by atoms with E-state index >= 15 is 0 Å². The predicted octanol–water partition coefficient (Wildman–Crippen LogP) is 0.518. The molecule has 0 aliphatic carbocycles. The molecule has 1 rings (SSSR count). The second kappa shape index (κ2) is 5.26. The molecule has 1 unspecified atom stereocenters. The molecule has 0 bridgehead atoms. The summed E-state index contributed by atoms with van der Waals surface area (Å²) in [5.74, 6) is 0.375. The zero-order valence-corrected chi connectivity index (χ0v) is 9.82. The van der Waals surface area contributed by atoms with E-state index in [9.17, 15) is 9.59 Å². The van der Waals surface area contributed by atoms with Crippen LogP contribution in [0.25, 0.3) is 0 Å². The number of piperazine rings is 1. The molecule has 1 heterocycles. The molecule has 1 atom stereocenters. The lowest BCUT2D eigenvalue weighted by molar-refractivity contribution is -0.141. The second-order valence-electron chi connectivity index (χ2n) is 4.08. The first kappa shape index (κ1) is 12.2. The van der Waals surface area contributed by atoms with Crippen LogP contribution >= 0.6 is 0 Å². The maximum absolute atomic E-state index is 11.8. The zero-order chi connectivity index (χ0) is 11.4. The number of Topliss-reactive ketones (excluding diaryl/α,β-unsaturated/α-hetero) is 1. The van der Waals surface area contributed by atoms with Crippen LogP contribution in [0, 0.1) is 0 Å². The monoisotopic (exact) mass is 212 g/mol.